The Morgan fingerprint density at radius 2 is 1.58 bits per heavy atom. The lowest BCUT2D eigenvalue weighted by molar-refractivity contribution is -0.266. The first kappa shape index (κ1) is 61.1. The molecule has 2 bridgehead atoms. The van der Waals surface area contributed by atoms with Crippen LogP contribution in [0.5, 0.6) is 0 Å². The zero-order chi connectivity index (χ0) is 53.1. The number of ether oxygens (including phenoxy) is 7. The van der Waals surface area contributed by atoms with Crippen LogP contribution in [0.15, 0.2) is 47.6 Å². The fourth-order valence-electron chi connectivity index (χ4n) is 10.8. The summed E-state index contributed by atoms with van der Waals surface area (Å²) in [6.45, 7) is 13.9. The molecule has 4 aliphatic rings. The molecule has 16 heteroatoms. The first-order valence-corrected chi connectivity index (χ1v) is 26.6. The second kappa shape index (κ2) is 30.2. The molecule has 1 aliphatic carbocycles. The monoisotopic (exact) mass is 1020 g/mol. The summed E-state index contributed by atoms with van der Waals surface area (Å²) in [5, 5.41) is 32.9. The van der Waals surface area contributed by atoms with Gasteiger partial charge in [0.1, 0.15) is 30.1 Å². The SMILES string of the molecule is COCCO[C@H]1C[C@@H]2CC[C@@H](C)[C@@](O)(O2)C(=O)C(=O)N2CCCCC2C(=O)O[C@H]([C@H](C)C[C@@H]2CC[C@@H](OCCCO)[C@H](OC)C2)CC(=O)[C@H](C)/C=C(\C)[C@@H](O)[C@@H](OC)C(=O)[C@H](C)C[C@H](C)/C=C/C=C/C=C/1C. The van der Waals surface area contributed by atoms with Gasteiger partial charge < -0.3 is 53.4 Å². The summed E-state index contributed by atoms with van der Waals surface area (Å²) < 4.78 is 41.6. The molecule has 2 saturated heterocycles. The largest absolute Gasteiger partial charge is 0.460 e. The van der Waals surface area contributed by atoms with E-state index in [-0.39, 0.29) is 80.5 Å². The molecule has 1 unspecified atom stereocenters. The molecule has 3 aliphatic heterocycles. The van der Waals surface area contributed by atoms with Gasteiger partial charge in [-0.15, -0.1) is 0 Å². The molecule has 408 valence electrons. The summed E-state index contributed by atoms with van der Waals surface area (Å²) in [6.07, 6.45) is 12.4. The highest BCUT2D eigenvalue weighted by molar-refractivity contribution is 6.39. The maximum absolute atomic E-state index is 14.6. The number of methoxy groups -OCH3 is 3. The smallest absolute Gasteiger partial charge is 0.329 e. The van der Waals surface area contributed by atoms with Crippen molar-refractivity contribution in [1.29, 1.82) is 0 Å². The van der Waals surface area contributed by atoms with Gasteiger partial charge in [0.25, 0.3) is 11.7 Å². The van der Waals surface area contributed by atoms with Crippen molar-refractivity contribution in [3.05, 3.63) is 47.6 Å². The van der Waals surface area contributed by atoms with Crippen LogP contribution in [0.25, 0.3) is 0 Å². The summed E-state index contributed by atoms with van der Waals surface area (Å²) >= 11 is 0. The number of hydrogen-bond acceptors (Lipinski definition) is 15. The number of hydrogen-bond donors (Lipinski definition) is 3. The number of Topliss-reactive ketones (excluding diaryl/α,β-unsaturated/α-hetero) is 3. The summed E-state index contributed by atoms with van der Waals surface area (Å²) in [5.74, 6) is -8.06. The molecule has 0 aromatic heterocycles. The Bertz CT molecular complexity index is 1880. The number of aliphatic hydroxyl groups is 3. The third kappa shape index (κ3) is 17.3. The van der Waals surface area contributed by atoms with Gasteiger partial charge in [0.05, 0.1) is 37.6 Å². The van der Waals surface area contributed by atoms with Gasteiger partial charge in [0.15, 0.2) is 5.78 Å². The predicted octanol–water partition coefficient (Wildman–Crippen LogP) is 6.60. The van der Waals surface area contributed by atoms with Crippen molar-refractivity contribution in [3.8, 4) is 0 Å². The molecule has 15 atom stereocenters. The molecule has 4 rings (SSSR count). The van der Waals surface area contributed by atoms with E-state index in [0.29, 0.717) is 70.2 Å². The number of amides is 1. The number of nitrogens with zero attached hydrogens (tertiary/aromatic N) is 1. The van der Waals surface area contributed by atoms with E-state index in [1.165, 1.54) is 12.0 Å². The maximum Gasteiger partial charge on any atom is 0.329 e. The Balaban J connectivity index is 1.71. The minimum atomic E-state index is -2.46. The highest BCUT2D eigenvalue weighted by atomic mass is 16.6. The van der Waals surface area contributed by atoms with Crippen LogP contribution in [0, 0.1) is 35.5 Å². The summed E-state index contributed by atoms with van der Waals surface area (Å²) in [5.41, 5.74) is 1.24. The maximum atomic E-state index is 14.6. The molecule has 3 fully saturated rings. The van der Waals surface area contributed by atoms with Gasteiger partial charge in [-0.3, -0.25) is 19.2 Å². The number of esters is 1. The molecule has 0 aromatic rings. The molecular weight excluding hydrogens is 927 g/mol. The van der Waals surface area contributed by atoms with E-state index < -0.39 is 77.8 Å². The lowest BCUT2D eigenvalue weighted by Gasteiger charge is -2.43. The highest BCUT2D eigenvalue weighted by Gasteiger charge is 2.53. The number of ketones is 3. The van der Waals surface area contributed by atoms with Crippen molar-refractivity contribution < 1.29 is 72.5 Å². The third-order valence-corrected chi connectivity index (χ3v) is 15.4. The Kier molecular flexibility index (Phi) is 25.6. The topological polar surface area (TPSA) is 214 Å². The molecule has 3 N–H and O–H groups in total. The molecule has 0 radical (unpaired) electrons. The van der Waals surface area contributed by atoms with Gasteiger partial charge in [0.2, 0.25) is 5.79 Å². The summed E-state index contributed by atoms with van der Waals surface area (Å²) in [4.78, 5) is 72.6. The van der Waals surface area contributed by atoms with E-state index in [0.717, 1.165) is 18.4 Å². The van der Waals surface area contributed by atoms with Crippen molar-refractivity contribution in [3.63, 3.8) is 0 Å². The second-order valence-electron chi connectivity index (χ2n) is 21.1. The van der Waals surface area contributed by atoms with Crippen LogP contribution >= 0.6 is 0 Å². The molecular formula is C56H89NO15. The van der Waals surface area contributed by atoms with Crippen molar-refractivity contribution in [2.75, 3.05) is 54.3 Å². The molecule has 1 amide bonds. The van der Waals surface area contributed by atoms with Crippen LogP contribution in [0.2, 0.25) is 0 Å². The number of allylic oxidation sites excluding steroid dienone is 6. The van der Waals surface area contributed by atoms with Gasteiger partial charge in [-0.2, -0.15) is 0 Å². The normalized spacial score (nSPS) is 37.7. The number of rotatable bonds is 13. The van der Waals surface area contributed by atoms with Crippen molar-refractivity contribution in [1.82, 2.24) is 4.90 Å². The quantitative estimate of drug-likeness (QED) is 0.0767. The number of cyclic esters (lactones) is 1. The van der Waals surface area contributed by atoms with Crippen LogP contribution in [-0.4, -0.2) is 158 Å². The van der Waals surface area contributed by atoms with Crippen LogP contribution in [-0.2, 0) is 57.1 Å². The van der Waals surface area contributed by atoms with Crippen LogP contribution in [0.4, 0.5) is 0 Å². The predicted molar refractivity (Wildman–Crippen MR) is 271 cm³/mol. The molecule has 0 spiro atoms. The first-order valence-electron chi connectivity index (χ1n) is 26.6. The fourth-order valence-corrected chi connectivity index (χ4v) is 10.8. The number of fused-ring (bicyclic) bond motifs is 3. The van der Waals surface area contributed by atoms with Crippen molar-refractivity contribution in [2.24, 2.45) is 35.5 Å². The van der Waals surface area contributed by atoms with Crippen LogP contribution in [0.1, 0.15) is 132 Å². The zero-order valence-corrected chi connectivity index (χ0v) is 45.0. The van der Waals surface area contributed by atoms with Gasteiger partial charge in [0, 0.05) is 71.7 Å². The van der Waals surface area contributed by atoms with E-state index in [4.69, 9.17) is 33.2 Å². The lowest BCUT2D eigenvalue weighted by Crippen LogP contribution is -2.61. The number of carbonyl (C=O) groups is 5. The number of carbonyl (C=O) groups excluding carboxylic acids is 5. The minimum absolute atomic E-state index is 0.000907. The highest BCUT2D eigenvalue weighted by Crippen LogP contribution is 2.38. The van der Waals surface area contributed by atoms with Crippen molar-refractivity contribution >= 4 is 29.2 Å². The fraction of sp³-hybridized carbons (Fsp3) is 0.768. The first-order chi connectivity index (χ1) is 34.3. The van der Waals surface area contributed by atoms with Crippen molar-refractivity contribution in [2.45, 2.75) is 186 Å². The molecule has 16 nitrogen and oxygen atoms in total. The molecule has 72 heavy (non-hydrogen) atoms. The molecule has 0 aromatic carbocycles. The number of piperidine rings is 1. The van der Waals surface area contributed by atoms with E-state index in [1.54, 1.807) is 41.1 Å². The lowest BCUT2D eigenvalue weighted by atomic mass is 9.78. The van der Waals surface area contributed by atoms with E-state index in [1.807, 2.05) is 58.1 Å². The average molecular weight is 1020 g/mol. The second-order valence-corrected chi connectivity index (χ2v) is 21.1. The molecule has 1 saturated carbocycles. The Hall–Kier alpha value is -3.45. The van der Waals surface area contributed by atoms with Crippen LogP contribution in [0.3, 0.4) is 0 Å². The average Bonchev–Trinajstić information content (AvgIpc) is 3.36. The van der Waals surface area contributed by atoms with Gasteiger partial charge in [-0.25, -0.2) is 4.79 Å². The Morgan fingerprint density at radius 3 is 2.28 bits per heavy atom. The summed E-state index contributed by atoms with van der Waals surface area (Å²) in [7, 11) is 4.61. The number of aliphatic hydroxyl groups excluding tert-OH is 2. The van der Waals surface area contributed by atoms with E-state index in [9.17, 15) is 39.3 Å². The minimum Gasteiger partial charge on any atom is -0.460 e. The van der Waals surface area contributed by atoms with Gasteiger partial charge in [-0.1, -0.05) is 71.1 Å². The standard InChI is InChI=1S/C56H89NO15/c1-35-17-12-11-13-18-36(2)47(70-28-27-66-8)33-43-22-20-41(7)56(65,72-43)53(62)54(63)57-24-15-14-19-44(57)55(64)71-48(38(4)31-42-21-23-46(49(32-42)67-9)69-26-16-25-58)34-45(59)37(3)30-40(6)51(61)52(68-10)50(60)39(5)29-35/h11-13,17-18,30,35,37-39,41-44,46-49,51-52,58,61,65H,14-16,19-29,31-34H2,1-10H3/b13-11+,17-12+,36-18+,40-30+/t35-,37-,38-,39-,41-,42+,43+,44?,46-,47+,48+,49-,51-,52+,56-/m1/s1. The Labute approximate surface area is 429 Å². The van der Waals surface area contributed by atoms with E-state index >= 15 is 0 Å². The summed E-state index contributed by atoms with van der Waals surface area (Å²) in [6, 6.07) is -1.16. The van der Waals surface area contributed by atoms with E-state index in [2.05, 4.69) is 0 Å². The molecule has 3 heterocycles. The van der Waals surface area contributed by atoms with Gasteiger partial charge >= 0.3 is 5.97 Å². The van der Waals surface area contributed by atoms with Crippen LogP contribution < -0.4 is 0 Å². The van der Waals surface area contributed by atoms with Gasteiger partial charge in [-0.05, 0) is 113 Å². The Morgan fingerprint density at radius 1 is 0.833 bits per heavy atom. The zero-order valence-electron chi connectivity index (χ0n) is 45.0. The third-order valence-electron chi connectivity index (χ3n) is 15.4.